The second kappa shape index (κ2) is 11.9. The van der Waals surface area contributed by atoms with Gasteiger partial charge in [0.05, 0.1) is 0 Å². The van der Waals surface area contributed by atoms with Gasteiger partial charge in [-0.25, -0.2) is 0 Å². The maximum absolute atomic E-state index is 2.24. The molecule has 1 heteroatoms. The maximum atomic E-state index is 2.24. The molecule has 0 unspecified atom stereocenters. The molecular formula is C16H30S. The normalized spacial score (nSPS) is 11.5. The van der Waals surface area contributed by atoms with Crippen LogP contribution in [0, 0.1) is 0 Å². The van der Waals surface area contributed by atoms with Crippen LogP contribution in [0.1, 0.15) is 65.8 Å². The molecule has 0 N–H and O–H groups in total. The van der Waals surface area contributed by atoms with E-state index in [0.717, 1.165) is 6.42 Å². The molecule has 17 heavy (non-hydrogen) atoms. The SMILES string of the molecule is C/C=c1/c(CC)c(CC)s/c1=C/C.CC.CC. The second-order valence-corrected chi connectivity index (χ2v) is 4.20. The van der Waals surface area contributed by atoms with Crippen molar-refractivity contribution in [3.8, 4) is 0 Å². The number of rotatable bonds is 2. The van der Waals surface area contributed by atoms with Gasteiger partial charge < -0.3 is 0 Å². The van der Waals surface area contributed by atoms with Crippen LogP contribution in [0.15, 0.2) is 0 Å². The largest absolute Gasteiger partial charge is 0.140 e. The van der Waals surface area contributed by atoms with Gasteiger partial charge in [0.15, 0.2) is 0 Å². The fraction of sp³-hybridized carbons (Fsp3) is 0.625. The third kappa shape index (κ3) is 5.08. The van der Waals surface area contributed by atoms with Crippen molar-refractivity contribution in [2.75, 3.05) is 0 Å². The Hall–Kier alpha value is -0.560. The van der Waals surface area contributed by atoms with E-state index in [-0.39, 0.29) is 0 Å². The van der Waals surface area contributed by atoms with E-state index < -0.39 is 0 Å². The van der Waals surface area contributed by atoms with Gasteiger partial charge in [-0.05, 0) is 37.5 Å². The van der Waals surface area contributed by atoms with Gasteiger partial charge in [-0.1, -0.05) is 53.7 Å². The lowest BCUT2D eigenvalue weighted by molar-refractivity contribution is 1.06. The highest BCUT2D eigenvalue weighted by Crippen LogP contribution is 2.09. The summed E-state index contributed by atoms with van der Waals surface area (Å²) in [7, 11) is 0. The quantitative estimate of drug-likeness (QED) is 0.727. The molecule has 0 aliphatic carbocycles. The minimum atomic E-state index is 1.16. The summed E-state index contributed by atoms with van der Waals surface area (Å²) in [6, 6.07) is 0. The van der Waals surface area contributed by atoms with Crippen LogP contribution in [0.4, 0.5) is 0 Å². The molecular weight excluding hydrogens is 224 g/mol. The Morgan fingerprint density at radius 1 is 0.882 bits per heavy atom. The zero-order valence-electron chi connectivity index (χ0n) is 13.0. The Morgan fingerprint density at radius 3 is 1.71 bits per heavy atom. The van der Waals surface area contributed by atoms with Gasteiger partial charge >= 0.3 is 0 Å². The average molecular weight is 254 g/mol. The van der Waals surface area contributed by atoms with Crippen LogP contribution < -0.4 is 9.75 Å². The molecule has 0 saturated carbocycles. The Balaban J connectivity index is 0. The summed E-state index contributed by atoms with van der Waals surface area (Å²) in [4.78, 5) is 1.56. The van der Waals surface area contributed by atoms with E-state index >= 15 is 0 Å². The predicted octanol–water partition coefficient (Wildman–Crippen LogP) is 4.53. The number of thiophene rings is 1. The van der Waals surface area contributed by atoms with Crippen molar-refractivity contribution in [3.05, 3.63) is 20.2 Å². The summed E-state index contributed by atoms with van der Waals surface area (Å²) in [6.45, 7) is 16.7. The van der Waals surface area contributed by atoms with Gasteiger partial charge in [0.2, 0.25) is 0 Å². The molecule has 0 amide bonds. The topological polar surface area (TPSA) is 0 Å². The van der Waals surface area contributed by atoms with Gasteiger partial charge in [-0.2, -0.15) is 0 Å². The van der Waals surface area contributed by atoms with Crippen LogP contribution in [0.5, 0.6) is 0 Å². The summed E-state index contributed by atoms with van der Waals surface area (Å²) < 4.78 is 1.44. The molecule has 0 bridgehead atoms. The number of aryl methyl sites for hydroxylation is 1. The van der Waals surface area contributed by atoms with Gasteiger partial charge in [0.25, 0.3) is 0 Å². The molecule has 1 aromatic heterocycles. The first-order valence-corrected chi connectivity index (χ1v) is 7.83. The fourth-order valence-electron chi connectivity index (χ4n) is 1.75. The van der Waals surface area contributed by atoms with Gasteiger partial charge in [-0.3, -0.25) is 0 Å². The molecule has 1 heterocycles. The Labute approximate surface area is 112 Å². The van der Waals surface area contributed by atoms with E-state index in [2.05, 4.69) is 39.8 Å². The van der Waals surface area contributed by atoms with E-state index in [1.54, 1.807) is 10.4 Å². The smallest absolute Gasteiger partial charge is 0.0302 e. The molecule has 0 spiro atoms. The van der Waals surface area contributed by atoms with E-state index in [0.29, 0.717) is 0 Å². The molecule has 0 aliphatic rings. The Bertz CT molecular complexity index is 382. The molecule has 1 aromatic rings. The minimum Gasteiger partial charge on any atom is -0.140 e. The first kappa shape index (κ1) is 18.8. The van der Waals surface area contributed by atoms with Crippen molar-refractivity contribution >= 4 is 23.5 Å². The first-order chi connectivity index (χ1) is 8.28. The molecule has 0 atom stereocenters. The fourth-order valence-corrected chi connectivity index (χ4v) is 3.01. The highest BCUT2D eigenvalue weighted by atomic mass is 32.1. The zero-order valence-corrected chi connectivity index (χ0v) is 13.8. The first-order valence-electron chi connectivity index (χ1n) is 7.01. The summed E-state index contributed by atoms with van der Waals surface area (Å²) in [5, 5.41) is 1.46. The monoisotopic (exact) mass is 254 g/mol. The summed E-state index contributed by atoms with van der Waals surface area (Å²) in [6.07, 6.45) is 6.79. The second-order valence-electron chi connectivity index (χ2n) is 3.07. The standard InChI is InChI=1S/C12H18S.2C2H6/c1-5-9-10(6-2)12(8-4)13-11(9)7-3;2*1-2/h5,7H,6,8H2,1-4H3;2*1-2H3/b9-5-,11-7+;;. The van der Waals surface area contributed by atoms with E-state index in [4.69, 9.17) is 0 Å². The van der Waals surface area contributed by atoms with Crippen molar-refractivity contribution in [2.45, 2.75) is 68.2 Å². The highest BCUT2D eigenvalue weighted by molar-refractivity contribution is 7.10. The lowest BCUT2D eigenvalue weighted by Gasteiger charge is -1.95. The molecule has 0 aliphatic heterocycles. The van der Waals surface area contributed by atoms with Crippen LogP contribution in [0.2, 0.25) is 0 Å². The van der Waals surface area contributed by atoms with Crippen LogP contribution in [0.3, 0.4) is 0 Å². The summed E-state index contributed by atoms with van der Waals surface area (Å²) in [5.41, 5.74) is 1.56. The van der Waals surface area contributed by atoms with E-state index in [1.807, 2.05) is 39.0 Å². The zero-order chi connectivity index (χ0) is 13.8. The van der Waals surface area contributed by atoms with Crippen molar-refractivity contribution in [1.82, 2.24) is 0 Å². The Morgan fingerprint density at radius 2 is 1.41 bits per heavy atom. The van der Waals surface area contributed by atoms with Gasteiger partial charge in [0, 0.05) is 9.41 Å². The van der Waals surface area contributed by atoms with Crippen LogP contribution in [-0.4, -0.2) is 0 Å². The number of hydrogen-bond acceptors (Lipinski definition) is 1. The van der Waals surface area contributed by atoms with Crippen molar-refractivity contribution in [3.63, 3.8) is 0 Å². The molecule has 0 radical (unpaired) electrons. The molecule has 1 rings (SSSR count). The van der Waals surface area contributed by atoms with Crippen LogP contribution in [-0.2, 0) is 12.8 Å². The third-order valence-corrected chi connectivity index (χ3v) is 3.84. The summed E-state index contributed by atoms with van der Waals surface area (Å²) >= 11 is 1.95. The maximum Gasteiger partial charge on any atom is 0.0302 e. The van der Waals surface area contributed by atoms with Crippen LogP contribution in [0.25, 0.3) is 12.2 Å². The lowest BCUT2D eigenvalue weighted by atomic mass is 10.1. The van der Waals surface area contributed by atoms with Crippen molar-refractivity contribution in [2.24, 2.45) is 0 Å². The van der Waals surface area contributed by atoms with E-state index in [1.165, 1.54) is 16.2 Å². The van der Waals surface area contributed by atoms with Gasteiger partial charge in [0.1, 0.15) is 0 Å². The van der Waals surface area contributed by atoms with Crippen molar-refractivity contribution in [1.29, 1.82) is 0 Å². The van der Waals surface area contributed by atoms with Crippen LogP contribution >= 0.6 is 11.3 Å². The molecule has 100 valence electrons. The molecule has 0 aromatic carbocycles. The lowest BCUT2D eigenvalue weighted by Crippen LogP contribution is -2.20. The molecule has 0 fully saturated rings. The highest BCUT2D eigenvalue weighted by Gasteiger charge is 2.04. The average Bonchev–Trinajstić information content (AvgIpc) is 2.79. The molecule has 0 saturated heterocycles. The Kier molecular flexibility index (Phi) is 13.2. The minimum absolute atomic E-state index is 1.16. The summed E-state index contributed by atoms with van der Waals surface area (Å²) in [5.74, 6) is 0. The predicted molar refractivity (Wildman–Crippen MR) is 85.3 cm³/mol. The number of hydrogen-bond donors (Lipinski definition) is 0. The third-order valence-electron chi connectivity index (χ3n) is 2.39. The molecule has 0 nitrogen and oxygen atoms in total. The van der Waals surface area contributed by atoms with Gasteiger partial charge in [-0.15, -0.1) is 11.3 Å². The van der Waals surface area contributed by atoms with E-state index in [9.17, 15) is 0 Å². The van der Waals surface area contributed by atoms with Crippen molar-refractivity contribution < 1.29 is 0 Å².